The molecule has 1 atom stereocenters. The van der Waals surface area contributed by atoms with Gasteiger partial charge in [0.2, 0.25) is 0 Å². The van der Waals surface area contributed by atoms with Gasteiger partial charge in [-0.05, 0) is 70.8 Å². The van der Waals surface area contributed by atoms with E-state index in [2.05, 4.69) is 22.8 Å². The molecule has 21 heavy (non-hydrogen) atoms. The van der Waals surface area contributed by atoms with Gasteiger partial charge in [-0.3, -0.25) is 4.90 Å². The van der Waals surface area contributed by atoms with Crippen molar-refractivity contribution < 1.29 is 5.11 Å². The second-order valence-electron chi connectivity index (χ2n) is 6.72. The molecule has 0 aromatic heterocycles. The van der Waals surface area contributed by atoms with E-state index in [9.17, 15) is 5.11 Å². The summed E-state index contributed by atoms with van der Waals surface area (Å²) in [6, 6.07) is 8.08. The molecular weight excluding hydrogens is 260 g/mol. The second kappa shape index (κ2) is 6.80. The minimum absolute atomic E-state index is 0.318. The summed E-state index contributed by atoms with van der Waals surface area (Å²) in [5.74, 6) is 1.31. The van der Waals surface area contributed by atoms with Crippen LogP contribution in [0.5, 0.6) is 5.75 Å². The van der Waals surface area contributed by atoms with E-state index in [-0.39, 0.29) is 0 Å². The highest BCUT2D eigenvalue weighted by atomic mass is 16.3. The zero-order chi connectivity index (χ0) is 14.7. The Balaban J connectivity index is 1.52. The number of hydrogen-bond acceptors (Lipinski definition) is 3. The van der Waals surface area contributed by atoms with E-state index in [1.54, 1.807) is 6.07 Å². The fourth-order valence-electron chi connectivity index (χ4n) is 3.89. The van der Waals surface area contributed by atoms with Crippen molar-refractivity contribution in [2.45, 2.75) is 38.6 Å². The average Bonchev–Trinajstić information content (AvgIpc) is 3.01. The molecule has 0 aliphatic carbocycles. The first-order valence-corrected chi connectivity index (χ1v) is 8.48. The minimum Gasteiger partial charge on any atom is -0.508 e. The van der Waals surface area contributed by atoms with Crippen molar-refractivity contribution in [1.82, 2.24) is 9.80 Å². The molecule has 1 aromatic rings. The van der Waals surface area contributed by atoms with E-state index >= 15 is 0 Å². The number of piperidine rings is 1. The molecule has 2 aliphatic heterocycles. The third-order valence-electron chi connectivity index (χ3n) is 5.30. The highest BCUT2D eigenvalue weighted by Crippen LogP contribution is 2.31. The second-order valence-corrected chi connectivity index (χ2v) is 6.72. The third-order valence-corrected chi connectivity index (χ3v) is 5.30. The summed E-state index contributed by atoms with van der Waals surface area (Å²) in [5.41, 5.74) is 1.07. The van der Waals surface area contributed by atoms with Crippen LogP contribution in [0.15, 0.2) is 24.3 Å². The van der Waals surface area contributed by atoms with Crippen LogP contribution in [-0.4, -0.2) is 47.6 Å². The molecule has 1 N–H and O–H groups in total. The summed E-state index contributed by atoms with van der Waals surface area (Å²) in [4.78, 5) is 5.17. The molecule has 1 unspecified atom stereocenters. The van der Waals surface area contributed by atoms with Gasteiger partial charge in [0.05, 0.1) is 0 Å². The van der Waals surface area contributed by atoms with Crippen molar-refractivity contribution in [2.24, 2.45) is 5.92 Å². The molecule has 3 rings (SSSR count). The normalized spacial score (nSPS) is 23.5. The third kappa shape index (κ3) is 3.58. The van der Waals surface area contributed by atoms with Crippen molar-refractivity contribution in [3.63, 3.8) is 0 Å². The van der Waals surface area contributed by atoms with Crippen molar-refractivity contribution in [3.05, 3.63) is 29.8 Å². The zero-order valence-electron chi connectivity index (χ0n) is 13.2. The minimum atomic E-state index is 0.318. The van der Waals surface area contributed by atoms with Gasteiger partial charge < -0.3 is 10.0 Å². The van der Waals surface area contributed by atoms with Crippen molar-refractivity contribution in [3.8, 4) is 5.75 Å². The molecule has 2 aliphatic rings. The van der Waals surface area contributed by atoms with Gasteiger partial charge in [-0.15, -0.1) is 0 Å². The maximum atomic E-state index is 10.0. The standard InChI is InChI=1S/C18H28N2O/c1-15(17-6-2-3-7-18(17)21)20-12-8-16(9-13-20)14-19-10-4-5-11-19/h2-3,6-7,15-16,21H,4-5,8-14H2,1H3. The molecule has 0 spiro atoms. The Kier molecular flexibility index (Phi) is 4.81. The molecule has 2 heterocycles. The lowest BCUT2D eigenvalue weighted by molar-refractivity contribution is 0.121. The Morgan fingerprint density at radius 2 is 1.76 bits per heavy atom. The van der Waals surface area contributed by atoms with Crippen LogP contribution in [0.2, 0.25) is 0 Å². The molecular formula is C18H28N2O. The van der Waals surface area contributed by atoms with Crippen molar-refractivity contribution in [2.75, 3.05) is 32.7 Å². The topological polar surface area (TPSA) is 26.7 Å². The molecule has 2 fully saturated rings. The van der Waals surface area contributed by atoms with Crippen LogP contribution in [0.4, 0.5) is 0 Å². The van der Waals surface area contributed by atoms with Crippen molar-refractivity contribution >= 4 is 0 Å². The molecule has 0 saturated carbocycles. The highest BCUT2D eigenvalue weighted by Gasteiger charge is 2.26. The van der Waals surface area contributed by atoms with Gasteiger partial charge in [0.15, 0.2) is 0 Å². The van der Waals surface area contributed by atoms with Gasteiger partial charge in [-0.2, -0.15) is 0 Å². The van der Waals surface area contributed by atoms with Crippen LogP contribution in [-0.2, 0) is 0 Å². The van der Waals surface area contributed by atoms with Crippen molar-refractivity contribution in [1.29, 1.82) is 0 Å². The Morgan fingerprint density at radius 1 is 1.10 bits per heavy atom. The Labute approximate surface area is 128 Å². The number of phenolic OH excluding ortho intramolecular Hbond substituents is 1. The number of likely N-dealkylation sites (tertiary alicyclic amines) is 2. The Morgan fingerprint density at radius 3 is 2.43 bits per heavy atom. The smallest absolute Gasteiger partial charge is 0.120 e. The maximum Gasteiger partial charge on any atom is 0.120 e. The number of nitrogens with zero attached hydrogens (tertiary/aromatic N) is 2. The zero-order valence-corrected chi connectivity index (χ0v) is 13.2. The lowest BCUT2D eigenvalue weighted by Gasteiger charge is -2.37. The van der Waals surface area contributed by atoms with E-state index < -0.39 is 0 Å². The monoisotopic (exact) mass is 288 g/mol. The van der Waals surface area contributed by atoms with Crippen LogP contribution in [0.1, 0.15) is 44.2 Å². The van der Waals surface area contributed by atoms with E-state index in [1.807, 2.05) is 12.1 Å². The first-order chi connectivity index (χ1) is 10.2. The van der Waals surface area contributed by atoms with Gasteiger partial charge in [-0.25, -0.2) is 0 Å². The number of aromatic hydroxyl groups is 1. The van der Waals surface area contributed by atoms with Crippen LogP contribution in [0.25, 0.3) is 0 Å². The number of rotatable bonds is 4. The first-order valence-electron chi connectivity index (χ1n) is 8.48. The first kappa shape index (κ1) is 14.9. The quantitative estimate of drug-likeness (QED) is 0.921. The van der Waals surface area contributed by atoms with Crippen LogP contribution >= 0.6 is 0 Å². The molecule has 116 valence electrons. The summed E-state index contributed by atoms with van der Waals surface area (Å²) in [5, 5.41) is 10.0. The SMILES string of the molecule is CC(c1ccccc1O)N1CCC(CN2CCCC2)CC1. The summed E-state index contributed by atoms with van der Waals surface area (Å²) in [6.45, 7) is 8.47. The molecule has 3 heteroatoms. The number of phenols is 1. The fraction of sp³-hybridized carbons (Fsp3) is 0.667. The number of benzene rings is 1. The number of hydrogen-bond donors (Lipinski definition) is 1. The predicted octanol–water partition coefficient (Wildman–Crippen LogP) is 3.26. The molecule has 2 saturated heterocycles. The largest absolute Gasteiger partial charge is 0.508 e. The Hall–Kier alpha value is -1.06. The summed E-state index contributed by atoms with van der Waals surface area (Å²) >= 11 is 0. The molecule has 0 radical (unpaired) electrons. The van der Waals surface area contributed by atoms with E-state index in [4.69, 9.17) is 0 Å². The van der Waals surface area contributed by atoms with Gasteiger partial charge in [-0.1, -0.05) is 18.2 Å². The molecule has 0 bridgehead atoms. The van der Waals surface area contributed by atoms with Crippen LogP contribution in [0, 0.1) is 5.92 Å². The molecule has 0 amide bonds. The number of para-hydroxylation sites is 1. The lowest BCUT2D eigenvalue weighted by atomic mass is 9.94. The highest BCUT2D eigenvalue weighted by molar-refractivity contribution is 5.34. The predicted molar refractivity (Wildman–Crippen MR) is 86.5 cm³/mol. The molecule has 3 nitrogen and oxygen atoms in total. The Bertz CT molecular complexity index is 448. The molecule has 1 aromatic carbocycles. The summed E-state index contributed by atoms with van der Waals surface area (Å²) in [7, 11) is 0. The van der Waals surface area contributed by atoms with Gasteiger partial charge in [0.1, 0.15) is 5.75 Å². The van der Waals surface area contributed by atoms with Gasteiger partial charge in [0, 0.05) is 18.2 Å². The fourth-order valence-corrected chi connectivity index (χ4v) is 3.89. The van der Waals surface area contributed by atoms with Gasteiger partial charge >= 0.3 is 0 Å². The van der Waals surface area contributed by atoms with E-state index in [0.717, 1.165) is 24.6 Å². The van der Waals surface area contributed by atoms with Crippen LogP contribution in [0.3, 0.4) is 0 Å². The maximum absolute atomic E-state index is 10.0. The van der Waals surface area contributed by atoms with Gasteiger partial charge in [0.25, 0.3) is 0 Å². The van der Waals surface area contributed by atoms with E-state index in [1.165, 1.54) is 45.3 Å². The summed E-state index contributed by atoms with van der Waals surface area (Å²) in [6.07, 6.45) is 5.38. The average molecular weight is 288 g/mol. The summed E-state index contributed by atoms with van der Waals surface area (Å²) < 4.78 is 0. The van der Waals surface area contributed by atoms with Crippen LogP contribution < -0.4 is 0 Å². The van der Waals surface area contributed by atoms with E-state index in [0.29, 0.717) is 11.8 Å². The lowest BCUT2D eigenvalue weighted by Crippen LogP contribution is -2.39.